The van der Waals surface area contributed by atoms with E-state index in [4.69, 9.17) is 23.2 Å². The van der Waals surface area contributed by atoms with Crippen molar-refractivity contribution in [2.75, 3.05) is 6.54 Å². The molecule has 0 aliphatic heterocycles. The van der Waals surface area contributed by atoms with Crippen LogP contribution in [0.1, 0.15) is 51.1 Å². The third kappa shape index (κ3) is 4.87. The zero-order chi connectivity index (χ0) is 16.1. The first-order valence-electron chi connectivity index (χ1n) is 7.95. The molecule has 1 aliphatic carbocycles. The lowest BCUT2D eigenvalue weighted by Gasteiger charge is -2.29. The quantitative estimate of drug-likeness (QED) is 0.835. The lowest BCUT2D eigenvalue weighted by molar-refractivity contribution is -0.121. The minimum Gasteiger partial charge on any atom is -0.352 e. The van der Waals surface area contributed by atoms with E-state index in [9.17, 15) is 4.79 Å². The molecule has 0 unspecified atom stereocenters. The van der Waals surface area contributed by atoms with Gasteiger partial charge in [0.05, 0.1) is 6.54 Å². The Labute approximate surface area is 142 Å². The van der Waals surface area contributed by atoms with Gasteiger partial charge in [0.15, 0.2) is 0 Å². The van der Waals surface area contributed by atoms with Crippen molar-refractivity contribution in [3.05, 3.63) is 33.8 Å². The summed E-state index contributed by atoms with van der Waals surface area (Å²) in [6.45, 7) is 4.50. The van der Waals surface area contributed by atoms with Gasteiger partial charge in [-0.05, 0) is 43.4 Å². The Balaban J connectivity index is 1.82. The van der Waals surface area contributed by atoms with Gasteiger partial charge in [0, 0.05) is 22.1 Å². The average molecular weight is 343 g/mol. The molecule has 1 amide bonds. The fraction of sp³-hybridized carbons (Fsp3) is 0.588. The molecule has 22 heavy (non-hydrogen) atoms. The number of halogens is 2. The van der Waals surface area contributed by atoms with Crippen molar-refractivity contribution >= 4 is 29.1 Å². The molecule has 1 saturated carbocycles. The van der Waals surface area contributed by atoms with Crippen molar-refractivity contribution in [3.8, 4) is 0 Å². The lowest BCUT2D eigenvalue weighted by atomic mass is 9.86. The SMILES string of the molecule is C[C@H](NCC(=O)N[C@H]1CCCC[C@@H]1C)c1ccc(Cl)cc1Cl. The van der Waals surface area contributed by atoms with E-state index >= 15 is 0 Å². The van der Waals surface area contributed by atoms with E-state index in [2.05, 4.69) is 17.6 Å². The van der Waals surface area contributed by atoms with E-state index in [1.807, 2.05) is 19.1 Å². The zero-order valence-electron chi connectivity index (χ0n) is 13.2. The Kier molecular flexibility index (Phi) is 6.54. The van der Waals surface area contributed by atoms with Crippen molar-refractivity contribution in [1.29, 1.82) is 0 Å². The summed E-state index contributed by atoms with van der Waals surface area (Å²) < 4.78 is 0. The second kappa shape index (κ2) is 8.19. The van der Waals surface area contributed by atoms with Crippen molar-refractivity contribution in [2.45, 2.75) is 51.6 Å². The maximum absolute atomic E-state index is 12.1. The molecule has 1 aromatic rings. The highest BCUT2D eigenvalue weighted by Crippen LogP contribution is 2.26. The Morgan fingerprint density at radius 2 is 2.05 bits per heavy atom. The predicted octanol–water partition coefficient (Wildman–Crippen LogP) is 4.34. The first-order valence-corrected chi connectivity index (χ1v) is 8.70. The lowest BCUT2D eigenvalue weighted by Crippen LogP contribution is -2.45. The molecule has 5 heteroatoms. The highest BCUT2D eigenvalue weighted by Gasteiger charge is 2.22. The van der Waals surface area contributed by atoms with E-state index < -0.39 is 0 Å². The van der Waals surface area contributed by atoms with Crippen molar-refractivity contribution in [3.63, 3.8) is 0 Å². The van der Waals surface area contributed by atoms with Crippen LogP contribution in [0, 0.1) is 5.92 Å². The van der Waals surface area contributed by atoms with Crippen LogP contribution in [0.4, 0.5) is 0 Å². The van der Waals surface area contributed by atoms with Gasteiger partial charge in [0.1, 0.15) is 0 Å². The van der Waals surface area contributed by atoms with Crippen molar-refractivity contribution < 1.29 is 4.79 Å². The highest BCUT2D eigenvalue weighted by molar-refractivity contribution is 6.35. The van der Waals surface area contributed by atoms with Gasteiger partial charge in [-0.2, -0.15) is 0 Å². The second-order valence-corrected chi connectivity index (χ2v) is 7.05. The molecule has 2 N–H and O–H groups in total. The molecule has 0 heterocycles. The Morgan fingerprint density at radius 3 is 2.73 bits per heavy atom. The van der Waals surface area contributed by atoms with Crippen LogP contribution in [0.25, 0.3) is 0 Å². The summed E-state index contributed by atoms with van der Waals surface area (Å²) in [6.07, 6.45) is 4.78. The summed E-state index contributed by atoms with van der Waals surface area (Å²) in [5.41, 5.74) is 0.949. The minimum absolute atomic E-state index is 0.000652. The number of benzene rings is 1. The van der Waals surface area contributed by atoms with Crippen LogP contribution in [-0.2, 0) is 4.79 Å². The van der Waals surface area contributed by atoms with Crippen LogP contribution in [0.15, 0.2) is 18.2 Å². The molecule has 3 nitrogen and oxygen atoms in total. The monoisotopic (exact) mass is 342 g/mol. The largest absolute Gasteiger partial charge is 0.352 e. The molecule has 0 bridgehead atoms. The molecule has 1 aliphatic rings. The number of nitrogens with one attached hydrogen (secondary N) is 2. The third-order valence-electron chi connectivity index (χ3n) is 4.46. The van der Waals surface area contributed by atoms with Crippen molar-refractivity contribution in [1.82, 2.24) is 10.6 Å². The van der Waals surface area contributed by atoms with Crippen LogP contribution in [-0.4, -0.2) is 18.5 Å². The topological polar surface area (TPSA) is 41.1 Å². The summed E-state index contributed by atoms with van der Waals surface area (Å²) >= 11 is 12.1. The number of hydrogen-bond donors (Lipinski definition) is 2. The van der Waals surface area contributed by atoms with Gasteiger partial charge in [-0.1, -0.05) is 49.0 Å². The van der Waals surface area contributed by atoms with Crippen LogP contribution < -0.4 is 10.6 Å². The van der Waals surface area contributed by atoms with E-state index in [0.29, 0.717) is 28.5 Å². The van der Waals surface area contributed by atoms with Gasteiger partial charge in [0.25, 0.3) is 0 Å². The molecule has 1 aromatic carbocycles. The Morgan fingerprint density at radius 1 is 1.32 bits per heavy atom. The molecule has 0 radical (unpaired) electrons. The maximum Gasteiger partial charge on any atom is 0.234 e. The fourth-order valence-electron chi connectivity index (χ4n) is 3.00. The summed E-state index contributed by atoms with van der Waals surface area (Å²) in [5.74, 6) is 0.622. The van der Waals surface area contributed by atoms with Gasteiger partial charge >= 0.3 is 0 Å². The fourth-order valence-corrected chi connectivity index (χ4v) is 3.57. The van der Waals surface area contributed by atoms with E-state index in [-0.39, 0.29) is 11.9 Å². The first kappa shape index (κ1) is 17.6. The average Bonchev–Trinajstić information content (AvgIpc) is 2.47. The Hall–Kier alpha value is -0.770. The summed E-state index contributed by atoms with van der Waals surface area (Å²) in [6, 6.07) is 5.74. The summed E-state index contributed by atoms with van der Waals surface area (Å²) in [4.78, 5) is 12.1. The smallest absolute Gasteiger partial charge is 0.234 e. The predicted molar refractivity (Wildman–Crippen MR) is 92.4 cm³/mol. The highest BCUT2D eigenvalue weighted by atomic mass is 35.5. The number of carbonyl (C=O) groups is 1. The van der Waals surface area contributed by atoms with Gasteiger partial charge in [-0.15, -0.1) is 0 Å². The van der Waals surface area contributed by atoms with Crippen LogP contribution >= 0.6 is 23.2 Å². The first-order chi connectivity index (χ1) is 10.5. The second-order valence-electron chi connectivity index (χ2n) is 6.20. The number of carbonyl (C=O) groups excluding carboxylic acids is 1. The van der Waals surface area contributed by atoms with E-state index in [0.717, 1.165) is 12.0 Å². The molecule has 3 atom stereocenters. The molecule has 0 saturated heterocycles. The minimum atomic E-state index is -0.000652. The standard InChI is InChI=1S/C17H24Cl2N2O/c1-11-5-3-4-6-16(11)21-17(22)10-20-12(2)14-8-7-13(18)9-15(14)19/h7-9,11-12,16,20H,3-6,10H2,1-2H3,(H,21,22)/t11-,12-,16-/m0/s1. The molecule has 2 rings (SSSR count). The van der Waals surface area contributed by atoms with Gasteiger partial charge in [0.2, 0.25) is 5.91 Å². The molecule has 122 valence electrons. The number of rotatable bonds is 5. The number of hydrogen-bond acceptors (Lipinski definition) is 2. The van der Waals surface area contributed by atoms with Crippen LogP contribution in [0.5, 0.6) is 0 Å². The van der Waals surface area contributed by atoms with Crippen molar-refractivity contribution in [2.24, 2.45) is 5.92 Å². The van der Waals surface area contributed by atoms with E-state index in [1.54, 1.807) is 6.07 Å². The van der Waals surface area contributed by atoms with Crippen LogP contribution in [0.2, 0.25) is 10.0 Å². The molecular formula is C17H24Cl2N2O. The van der Waals surface area contributed by atoms with Crippen LogP contribution in [0.3, 0.4) is 0 Å². The normalized spacial score (nSPS) is 23.1. The summed E-state index contributed by atoms with van der Waals surface area (Å²) in [7, 11) is 0. The van der Waals surface area contributed by atoms with Gasteiger partial charge in [-0.3, -0.25) is 4.79 Å². The summed E-state index contributed by atoms with van der Waals surface area (Å²) in [5, 5.41) is 7.60. The molecular weight excluding hydrogens is 319 g/mol. The molecule has 0 spiro atoms. The molecule has 1 fully saturated rings. The zero-order valence-corrected chi connectivity index (χ0v) is 14.7. The number of amides is 1. The van der Waals surface area contributed by atoms with E-state index in [1.165, 1.54) is 19.3 Å². The van der Waals surface area contributed by atoms with Gasteiger partial charge in [-0.25, -0.2) is 0 Å². The Bertz CT molecular complexity index is 521. The molecule has 0 aromatic heterocycles. The maximum atomic E-state index is 12.1. The third-order valence-corrected chi connectivity index (χ3v) is 5.02. The van der Waals surface area contributed by atoms with Gasteiger partial charge < -0.3 is 10.6 Å².